The van der Waals surface area contributed by atoms with Crippen molar-refractivity contribution < 1.29 is 21.2 Å². The van der Waals surface area contributed by atoms with E-state index in [9.17, 15) is 0 Å². The summed E-state index contributed by atoms with van der Waals surface area (Å²) in [5.74, 6) is 0. The van der Waals surface area contributed by atoms with Crippen molar-refractivity contribution in [1.29, 1.82) is 0 Å². The van der Waals surface area contributed by atoms with Crippen molar-refractivity contribution in [3.63, 3.8) is 0 Å². The van der Waals surface area contributed by atoms with E-state index in [1.54, 1.807) is 0 Å². The van der Waals surface area contributed by atoms with E-state index in [4.69, 9.17) is 0 Å². The molecule has 7 heavy (non-hydrogen) atoms. The van der Waals surface area contributed by atoms with Gasteiger partial charge in [0.1, 0.15) is 0 Å². The molecular weight excluding hydrogens is 201 g/mol. The summed E-state index contributed by atoms with van der Waals surface area (Å²) in [7, 11) is 2.06. The van der Waals surface area contributed by atoms with Crippen LogP contribution in [0.25, 0.3) is 0 Å². The first-order chi connectivity index (χ1) is 3.27. The van der Waals surface area contributed by atoms with Gasteiger partial charge in [0.15, 0.2) is 0 Å². The molecule has 1 heterocycles. The summed E-state index contributed by atoms with van der Waals surface area (Å²) < 4.78 is 2.95. The maximum absolute atomic E-state index is 3.31. The minimum absolute atomic E-state index is 0.563. The zero-order valence-electron chi connectivity index (χ0n) is 4.79. The molecule has 0 spiro atoms. The van der Waals surface area contributed by atoms with Crippen LogP contribution in [-0.4, -0.2) is 21.4 Å². The average Bonchev–Trinajstić information content (AvgIpc) is 1.61. The van der Waals surface area contributed by atoms with Crippen LogP contribution in [0.5, 0.6) is 0 Å². The van der Waals surface area contributed by atoms with Gasteiger partial charge < -0.3 is 0 Å². The number of nitrogens with one attached hydrogen (secondary N) is 1. The van der Waals surface area contributed by atoms with Gasteiger partial charge in [-0.05, 0) is 0 Å². The summed E-state index contributed by atoms with van der Waals surface area (Å²) >= 11 is 0.633. The number of halogens is 1. The molecule has 0 atom stereocenters. The molecule has 0 aromatic carbocycles. The van der Waals surface area contributed by atoms with Crippen LogP contribution in [0.4, 0.5) is 0 Å². The summed E-state index contributed by atoms with van der Waals surface area (Å²) in [5, 5.41) is 3.31. The third-order valence-electron chi connectivity index (χ3n) is 1.38. The van der Waals surface area contributed by atoms with E-state index >= 15 is 0 Å². The minimum atomic E-state index is 0.563. The van der Waals surface area contributed by atoms with Crippen LogP contribution >= 0.6 is 0 Å². The molecule has 1 nitrogen and oxygen atoms in total. The summed E-state index contributed by atoms with van der Waals surface area (Å²) in [4.78, 5) is 0. The van der Waals surface area contributed by atoms with Gasteiger partial charge in [0.2, 0.25) is 0 Å². The second-order valence-corrected chi connectivity index (χ2v) is 4.87. The molecule has 0 aliphatic carbocycles. The molecule has 1 saturated heterocycles. The van der Waals surface area contributed by atoms with Crippen molar-refractivity contribution in [2.24, 2.45) is 0 Å². The van der Waals surface area contributed by atoms with Crippen LogP contribution in [0.15, 0.2) is 0 Å². The molecule has 2 heteroatoms. The summed E-state index contributed by atoms with van der Waals surface area (Å²) in [5.41, 5.74) is 0.563. The first kappa shape index (κ1) is 5.82. The third kappa shape index (κ3) is 1.08. The Hall–Kier alpha value is 0.690. The molecule has 0 amide bonds. The normalized spacial score (nSPS) is 27.7. The van der Waals surface area contributed by atoms with Crippen LogP contribution in [0, 0.1) is 0 Å². The second kappa shape index (κ2) is 1.90. The van der Waals surface area contributed by atoms with Crippen molar-refractivity contribution >= 4 is 0 Å². The van der Waals surface area contributed by atoms with Gasteiger partial charge in [0.25, 0.3) is 0 Å². The summed E-state index contributed by atoms with van der Waals surface area (Å²) in [6.45, 7) is 2.30. The van der Waals surface area contributed by atoms with Crippen LogP contribution in [0.1, 0.15) is 6.92 Å². The average molecular weight is 212 g/mol. The molecule has 0 bridgehead atoms. The van der Waals surface area contributed by atoms with Crippen LogP contribution in [0.2, 0.25) is 0 Å². The number of alkyl halides is 2. The fourth-order valence-electron chi connectivity index (χ4n) is 0.512. The van der Waals surface area contributed by atoms with E-state index < -0.39 is 0 Å². The Morgan fingerprint density at radius 3 is 2.14 bits per heavy atom. The standard InChI is InChI=1S/C5H11IN/c1-5(7-2)3-6-4-5/h7H,3-4H2,1-2H3/q-1. The fourth-order valence-corrected chi connectivity index (χ4v) is 3.43. The Kier molecular flexibility index (Phi) is 1.58. The van der Waals surface area contributed by atoms with Crippen molar-refractivity contribution in [2.45, 2.75) is 12.5 Å². The van der Waals surface area contributed by atoms with E-state index in [1.165, 1.54) is 8.86 Å². The van der Waals surface area contributed by atoms with Crippen molar-refractivity contribution in [3.05, 3.63) is 0 Å². The molecule has 1 aliphatic rings. The van der Waals surface area contributed by atoms with Gasteiger partial charge in [-0.25, -0.2) is 0 Å². The Morgan fingerprint density at radius 1 is 1.57 bits per heavy atom. The van der Waals surface area contributed by atoms with Gasteiger partial charge in [0.05, 0.1) is 0 Å². The van der Waals surface area contributed by atoms with Crippen LogP contribution in [-0.2, 0) is 0 Å². The van der Waals surface area contributed by atoms with E-state index in [0.717, 1.165) is 0 Å². The van der Waals surface area contributed by atoms with Gasteiger partial charge in [0, 0.05) is 0 Å². The molecule has 1 rings (SSSR count). The molecular formula is C5H11IN-. The molecule has 0 aromatic rings. The Bertz CT molecular complexity index is 63.0. The van der Waals surface area contributed by atoms with Gasteiger partial charge in [-0.3, -0.25) is 0 Å². The second-order valence-electron chi connectivity index (χ2n) is 2.27. The summed E-state index contributed by atoms with van der Waals surface area (Å²) in [6, 6.07) is 0. The number of hydrogen-bond acceptors (Lipinski definition) is 1. The quantitative estimate of drug-likeness (QED) is 0.362. The van der Waals surface area contributed by atoms with Crippen molar-refractivity contribution in [2.75, 3.05) is 15.9 Å². The first-order valence-corrected chi connectivity index (χ1v) is 5.54. The molecule has 44 valence electrons. The predicted octanol–water partition coefficient (Wildman–Crippen LogP) is -2.93. The molecule has 1 fully saturated rings. The monoisotopic (exact) mass is 212 g/mol. The molecule has 0 aromatic heterocycles. The van der Waals surface area contributed by atoms with Gasteiger partial charge in [-0.15, -0.1) is 0 Å². The van der Waals surface area contributed by atoms with Crippen molar-refractivity contribution in [1.82, 2.24) is 5.32 Å². The van der Waals surface area contributed by atoms with Crippen LogP contribution in [0.3, 0.4) is 0 Å². The molecule has 0 unspecified atom stereocenters. The van der Waals surface area contributed by atoms with Gasteiger partial charge in [-0.2, -0.15) is 0 Å². The van der Waals surface area contributed by atoms with E-state index in [-0.39, 0.29) is 0 Å². The summed E-state index contributed by atoms with van der Waals surface area (Å²) in [6.07, 6.45) is 0. The first-order valence-electron chi connectivity index (χ1n) is 2.49. The molecule has 1 aliphatic heterocycles. The molecule has 1 N–H and O–H groups in total. The predicted molar refractivity (Wildman–Crippen MR) is 27.2 cm³/mol. The van der Waals surface area contributed by atoms with Crippen molar-refractivity contribution in [3.8, 4) is 0 Å². The zero-order chi connectivity index (χ0) is 5.33. The number of hydrogen-bond donors (Lipinski definition) is 1. The topological polar surface area (TPSA) is 12.0 Å². The van der Waals surface area contributed by atoms with Gasteiger partial charge in [-0.1, -0.05) is 0 Å². The molecule has 0 radical (unpaired) electrons. The van der Waals surface area contributed by atoms with E-state index in [0.29, 0.717) is 26.7 Å². The fraction of sp³-hybridized carbons (Fsp3) is 1.00. The third-order valence-corrected chi connectivity index (χ3v) is 5.83. The Morgan fingerprint density at radius 2 is 2.14 bits per heavy atom. The Balaban J connectivity index is 2.29. The Labute approximate surface area is 55.1 Å². The van der Waals surface area contributed by atoms with E-state index in [1.807, 2.05) is 0 Å². The SMILES string of the molecule is CNC1(C)C[I-]C1. The van der Waals surface area contributed by atoms with Crippen LogP contribution < -0.4 is 26.5 Å². The maximum atomic E-state index is 3.31. The van der Waals surface area contributed by atoms with E-state index in [2.05, 4.69) is 19.3 Å². The zero-order valence-corrected chi connectivity index (χ0v) is 6.95. The van der Waals surface area contributed by atoms with Gasteiger partial charge >= 0.3 is 54.9 Å². The number of rotatable bonds is 1. The molecule has 0 saturated carbocycles.